The summed E-state index contributed by atoms with van der Waals surface area (Å²) in [6.45, 7) is 26.3. The molecule has 2 spiro atoms. The lowest BCUT2D eigenvalue weighted by Crippen LogP contribution is -2.56. The highest BCUT2D eigenvalue weighted by Crippen LogP contribution is 2.55. The molecule has 2 aromatic rings. The highest BCUT2D eigenvalue weighted by molar-refractivity contribution is 9.10. The molecule has 0 N–H and O–H groups in total. The molecule has 0 saturated heterocycles. The molecule has 0 fully saturated rings. The Kier molecular flexibility index (Phi) is 7.79. The number of halogens is 2. The Morgan fingerprint density at radius 2 is 0.880 bits per heavy atom. The van der Waals surface area contributed by atoms with Crippen molar-refractivity contribution < 1.29 is 19.1 Å². The maximum atomic E-state index is 15.1. The van der Waals surface area contributed by atoms with Crippen LogP contribution in [0.4, 0.5) is 0 Å². The summed E-state index contributed by atoms with van der Waals surface area (Å²) in [5, 5.41) is 0. The predicted octanol–water partition coefficient (Wildman–Crippen LogP) is 10.7. The first-order valence-electron chi connectivity index (χ1n) is 17.8. The Balaban J connectivity index is 1.62. The normalized spacial score (nSPS) is 27.5. The lowest BCUT2D eigenvalue weighted by atomic mass is 9.70. The number of carbonyl (C=O) groups is 2. The molecule has 5 aliphatic rings. The number of ether oxygens (including phenoxy) is 2. The quantitative estimate of drug-likeness (QED) is 0.249. The third kappa shape index (κ3) is 5.32. The zero-order valence-corrected chi connectivity index (χ0v) is 34.7. The van der Waals surface area contributed by atoms with Crippen molar-refractivity contribution in [2.24, 2.45) is 10.8 Å². The van der Waals surface area contributed by atoms with Crippen LogP contribution >= 0.6 is 31.9 Å². The van der Waals surface area contributed by atoms with Gasteiger partial charge in [-0.1, -0.05) is 139 Å². The van der Waals surface area contributed by atoms with Gasteiger partial charge in [-0.15, -0.1) is 0 Å². The molecule has 2 aromatic carbocycles. The van der Waals surface area contributed by atoms with E-state index in [0.717, 1.165) is 44.5 Å². The van der Waals surface area contributed by atoms with Crippen LogP contribution in [0.2, 0.25) is 0 Å². The van der Waals surface area contributed by atoms with Gasteiger partial charge in [0.05, 0.1) is 9.65 Å². The molecule has 2 aliphatic carbocycles. The Morgan fingerprint density at radius 1 is 0.540 bits per heavy atom. The number of Topliss-reactive ketones (excluding diaryl/α,β-unsaturated/α-hetero) is 2. The molecule has 4 nitrogen and oxygen atoms in total. The van der Waals surface area contributed by atoms with Gasteiger partial charge in [0, 0.05) is 35.1 Å². The van der Waals surface area contributed by atoms with Crippen LogP contribution in [0.25, 0.3) is 12.2 Å². The van der Waals surface area contributed by atoms with Crippen molar-refractivity contribution in [3.8, 4) is 11.5 Å². The van der Waals surface area contributed by atoms with E-state index in [9.17, 15) is 0 Å². The zero-order chi connectivity index (χ0) is 36.7. The van der Waals surface area contributed by atoms with E-state index < -0.39 is 11.2 Å². The number of carbonyl (C=O) groups excluding carboxylic acids is 2. The monoisotopic (exact) mass is 800 g/mol. The fraction of sp³-hybridized carbons (Fsp3) is 0.500. The van der Waals surface area contributed by atoms with Crippen LogP contribution in [0.15, 0.2) is 58.7 Å². The van der Waals surface area contributed by atoms with E-state index in [1.807, 2.05) is 12.2 Å². The first-order chi connectivity index (χ1) is 22.9. The van der Waals surface area contributed by atoms with Crippen molar-refractivity contribution in [3.63, 3.8) is 0 Å². The molecule has 7 rings (SSSR count). The molecule has 3 aliphatic heterocycles. The van der Waals surface area contributed by atoms with E-state index in [2.05, 4.69) is 151 Å². The van der Waals surface area contributed by atoms with Crippen LogP contribution in [-0.2, 0) is 33.3 Å². The molecule has 0 saturated carbocycles. The summed E-state index contributed by atoms with van der Waals surface area (Å²) in [6.07, 6.45) is 8.95. The van der Waals surface area contributed by atoms with E-state index in [-0.39, 0.29) is 42.9 Å². The van der Waals surface area contributed by atoms with Crippen LogP contribution in [0.5, 0.6) is 11.5 Å². The molecule has 6 heteroatoms. The molecule has 4 atom stereocenters. The number of ketones is 2. The van der Waals surface area contributed by atoms with Crippen molar-refractivity contribution in [2.45, 2.75) is 128 Å². The molecular formula is C44H50Br2O4. The van der Waals surface area contributed by atoms with Crippen LogP contribution in [0.3, 0.4) is 0 Å². The fourth-order valence-electron chi connectivity index (χ4n) is 8.13. The number of allylic oxidation sites excluding steroid dienone is 2. The second-order valence-corrected chi connectivity index (χ2v) is 21.1. The molecule has 264 valence electrons. The standard InChI is InChI=1S/C44H50Br2O4/c1-39(2,3)29-15-23-13-25-19-31(41(7,8)9)36(46)44(37(25)47)22-28-18-30(40(4,5)6)16-24(34(28)50-44)14-26-20-32(42(10,11)12)35(45)43(38(26)48)21-27(17-29)33(23)49-43/h13-20,35-36H,21-22H2,1-12H3/t35-,36+,43+,44-. The number of fused-ring (bicyclic) bond motifs is 2. The summed E-state index contributed by atoms with van der Waals surface area (Å²) in [6, 6.07) is 8.70. The minimum absolute atomic E-state index is 0.0521. The summed E-state index contributed by atoms with van der Waals surface area (Å²) in [4.78, 5) is 29.5. The van der Waals surface area contributed by atoms with Gasteiger partial charge in [-0.05, 0) is 79.3 Å². The second-order valence-electron chi connectivity index (χ2n) is 19.2. The minimum atomic E-state index is -1.20. The average molecular weight is 803 g/mol. The van der Waals surface area contributed by atoms with Gasteiger partial charge in [0.25, 0.3) is 0 Å². The highest BCUT2D eigenvalue weighted by atomic mass is 79.9. The third-order valence-corrected chi connectivity index (χ3v) is 13.7. The molecule has 0 unspecified atom stereocenters. The molecule has 3 heterocycles. The number of benzene rings is 2. The van der Waals surface area contributed by atoms with Crippen molar-refractivity contribution >= 4 is 55.6 Å². The molecule has 0 radical (unpaired) electrons. The van der Waals surface area contributed by atoms with E-state index in [1.54, 1.807) is 0 Å². The Hall–Kier alpha value is -2.70. The van der Waals surface area contributed by atoms with Crippen molar-refractivity contribution in [1.82, 2.24) is 0 Å². The summed E-state index contributed by atoms with van der Waals surface area (Å²) >= 11 is 8.08. The van der Waals surface area contributed by atoms with Gasteiger partial charge in [0.15, 0.2) is 11.2 Å². The van der Waals surface area contributed by atoms with Gasteiger partial charge in [0.1, 0.15) is 11.5 Å². The number of alkyl halides is 2. The van der Waals surface area contributed by atoms with Crippen molar-refractivity contribution in [3.05, 3.63) is 92.1 Å². The van der Waals surface area contributed by atoms with E-state index >= 15 is 9.59 Å². The summed E-state index contributed by atoms with van der Waals surface area (Å²) in [5.41, 5.74) is 6.00. The first-order valence-corrected chi connectivity index (χ1v) is 19.7. The predicted molar refractivity (Wildman–Crippen MR) is 211 cm³/mol. The minimum Gasteiger partial charge on any atom is -0.476 e. The van der Waals surface area contributed by atoms with Gasteiger partial charge in [-0.2, -0.15) is 0 Å². The maximum Gasteiger partial charge on any atom is 0.208 e. The van der Waals surface area contributed by atoms with Gasteiger partial charge in [0.2, 0.25) is 11.6 Å². The Morgan fingerprint density at radius 3 is 1.18 bits per heavy atom. The lowest BCUT2D eigenvalue weighted by Gasteiger charge is -2.42. The summed E-state index contributed by atoms with van der Waals surface area (Å²) in [7, 11) is 0. The molecule has 6 bridgehead atoms. The number of hydrogen-bond donors (Lipinski definition) is 0. The van der Waals surface area contributed by atoms with Crippen LogP contribution in [0.1, 0.15) is 116 Å². The molecule has 50 heavy (non-hydrogen) atoms. The van der Waals surface area contributed by atoms with Gasteiger partial charge in [-0.25, -0.2) is 0 Å². The van der Waals surface area contributed by atoms with Crippen molar-refractivity contribution in [1.29, 1.82) is 0 Å². The Labute approximate surface area is 315 Å². The van der Waals surface area contributed by atoms with Crippen molar-refractivity contribution in [2.75, 3.05) is 0 Å². The zero-order valence-electron chi connectivity index (χ0n) is 31.6. The SMILES string of the molecule is CC(C)(C)C1=CC2=Cc3cc(C(C)(C)C)cc4c3O[C@@]3(C4)C(=O)C(=Cc4cc(C(C)(C)C)cc5c4O[C@](C5)(C2=O)[C@@H]1Br)C=C(C(C)(C)C)[C@@H]3Br. The molecule has 0 aromatic heterocycles. The van der Waals surface area contributed by atoms with E-state index in [4.69, 9.17) is 9.47 Å². The highest BCUT2D eigenvalue weighted by Gasteiger charge is 2.59. The van der Waals surface area contributed by atoms with Gasteiger partial charge < -0.3 is 9.47 Å². The largest absolute Gasteiger partial charge is 0.476 e. The second kappa shape index (κ2) is 10.9. The fourth-order valence-corrected chi connectivity index (χ4v) is 10.7. The van der Waals surface area contributed by atoms with Gasteiger partial charge >= 0.3 is 0 Å². The topological polar surface area (TPSA) is 52.6 Å². The molecule has 0 amide bonds. The number of rotatable bonds is 0. The van der Waals surface area contributed by atoms with Crippen LogP contribution in [-0.4, -0.2) is 32.4 Å². The molecular weight excluding hydrogens is 752 g/mol. The number of hydrogen-bond acceptors (Lipinski definition) is 4. The van der Waals surface area contributed by atoms with E-state index in [0.29, 0.717) is 35.5 Å². The van der Waals surface area contributed by atoms with Gasteiger partial charge in [-0.3, -0.25) is 9.59 Å². The summed E-state index contributed by atoms with van der Waals surface area (Å²) in [5.74, 6) is 1.24. The first kappa shape index (κ1) is 35.7. The maximum absolute atomic E-state index is 15.1. The average Bonchev–Trinajstić information content (AvgIpc) is 3.56. The van der Waals surface area contributed by atoms with Crippen LogP contribution in [0, 0.1) is 10.8 Å². The van der Waals surface area contributed by atoms with E-state index in [1.165, 1.54) is 0 Å². The Bertz CT molecular complexity index is 1870. The smallest absolute Gasteiger partial charge is 0.208 e. The van der Waals surface area contributed by atoms with Crippen LogP contribution < -0.4 is 9.47 Å². The summed E-state index contributed by atoms with van der Waals surface area (Å²) < 4.78 is 14.2. The lowest BCUT2D eigenvalue weighted by molar-refractivity contribution is -0.129. The third-order valence-electron chi connectivity index (χ3n) is 11.2.